The number of carbonyl (C=O) groups is 2. The lowest BCUT2D eigenvalue weighted by Gasteiger charge is -2.32. The van der Waals surface area contributed by atoms with Gasteiger partial charge in [-0.3, -0.25) is 13.9 Å². The number of sulfonamides is 1. The zero-order valence-electron chi connectivity index (χ0n) is 24.6. The lowest BCUT2D eigenvalue weighted by Crippen LogP contribution is -2.52. The van der Waals surface area contributed by atoms with Gasteiger partial charge in [-0.05, 0) is 49.1 Å². The van der Waals surface area contributed by atoms with Gasteiger partial charge >= 0.3 is 0 Å². The van der Waals surface area contributed by atoms with E-state index < -0.39 is 16.1 Å². The molecule has 10 heteroatoms. The second-order valence-electron chi connectivity index (χ2n) is 10.3. The third-order valence-corrected chi connectivity index (χ3v) is 8.53. The van der Waals surface area contributed by atoms with Crippen molar-refractivity contribution < 1.29 is 22.7 Å². The molecule has 0 fully saturated rings. The van der Waals surface area contributed by atoms with Gasteiger partial charge < -0.3 is 15.0 Å². The largest absolute Gasteiger partial charge is 0.495 e. The molecule has 2 atom stereocenters. The Morgan fingerprint density at radius 1 is 0.976 bits per heavy atom. The molecule has 3 rings (SSSR count). The number of halogens is 1. The summed E-state index contributed by atoms with van der Waals surface area (Å²) in [6, 6.07) is 23.1. The van der Waals surface area contributed by atoms with E-state index in [1.54, 1.807) is 17.0 Å². The summed E-state index contributed by atoms with van der Waals surface area (Å²) in [7, 11) is -2.18. The number of hydrogen-bond acceptors (Lipinski definition) is 5. The first-order chi connectivity index (χ1) is 20.0. The summed E-state index contributed by atoms with van der Waals surface area (Å²) >= 11 is 6.26. The lowest BCUT2D eigenvalue weighted by atomic mass is 10.0. The Kier molecular flexibility index (Phi) is 12.2. The van der Waals surface area contributed by atoms with E-state index in [4.69, 9.17) is 16.3 Å². The Morgan fingerprint density at radius 3 is 2.14 bits per heavy atom. The first-order valence-electron chi connectivity index (χ1n) is 14.0. The number of carbonyl (C=O) groups excluding carboxylic acids is 2. The highest BCUT2D eigenvalue weighted by molar-refractivity contribution is 7.92. The molecule has 0 aliphatic carbocycles. The monoisotopic (exact) mass is 613 g/mol. The molecule has 0 heterocycles. The summed E-state index contributed by atoms with van der Waals surface area (Å²) in [5.74, 6) is -0.0239. The molecule has 3 aromatic rings. The van der Waals surface area contributed by atoms with Crippen LogP contribution in [0.3, 0.4) is 0 Å². The molecule has 2 amide bonds. The van der Waals surface area contributed by atoms with Crippen LogP contribution in [0.15, 0.2) is 78.9 Å². The maximum absolute atomic E-state index is 13.9. The summed E-state index contributed by atoms with van der Waals surface area (Å²) in [5.41, 5.74) is 2.21. The molecule has 42 heavy (non-hydrogen) atoms. The molecule has 0 aromatic heterocycles. The Hall–Kier alpha value is -3.56. The molecule has 0 saturated carbocycles. The van der Waals surface area contributed by atoms with Gasteiger partial charge in [0.1, 0.15) is 11.8 Å². The van der Waals surface area contributed by atoms with Crippen LogP contribution in [-0.2, 0) is 32.6 Å². The quantitative estimate of drug-likeness (QED) is 0.246. The number of rotatable bonds is 15. The Labute approximate surface area is 254 Å². The van der Waals surface area contributed by atoms with Crippen LogP contribution in [0.25, 0.3) is 0 Å². The first kappa shape index (κ1) is 32.9. The molecule has 1 N–H and O–H groups in total. The molecule has 0 bridgehead atoms. The summed E-state index contributed by atoms with van der Waals surface area (Å²) in [6.07, 6.45) is 2.51. The fourth-order valence-corrected chi connectivity index (χ4v) is 5.80. The van der Waals surface area contributed by atoms with Crippen molar-refractivity contribution in [1.82, 2.24) is 10.2 Å². The van der Waals surface area contributed by atoms with E-state index in [2.05, 4.69) is 5.32 Å². The third-order valence-electron chi connectivity index (χ3n) is 7.04. The number of benzene rings is 3. The van der Waals surface area contributed by atoms with Crippen LogP contribution in [-0.4, -0.2) is 57.1 Å². The highest BCUT2D eigenvalue weighted by Crippen LogP contribution is 2.30. The van der Waals surface area contributed by atoms with Gasteiger partial charge in [-0.2, -0.15) is 0 Å². The highest BCUT2D eigenvalue weighted by atomic mass is 35.5. The second-order valence-corrected chi connectivity index (χ2v) is 12.6. The van der Waals surface area contributed by atoms with Crippen molar-refractivity contribution in [3.8, 4) is 5.75 Å². The summed E-state index contributed by atoms with van der Waals surface area (Å²) in [5, 5.41) is 3.34. The number of amides is 2. The standard InChI is InChI=1S/C32H40ClN3O5S/c1-5-24(2)34-32(38)29(21-25-13-8-6-9-14-25)35(23-26-15-10-7-11-16-26)31(37)17-12-20-36(42(4,39)40)27-18-19-30(41-3)28(33)22-27/h6-11,13-16,18-19,22,24,29H,5,12,17,20-21,23H2,1-4H3,(H,34,38)/t24-,29+/m1/s1. The predicted molar refractivity (Wildman–Crippen MR) is 168 cm³/mol. The average Bonchev–Trinajstić information content (AvgIpc) is 2.97. The van der Waals surface area contributed by atoms with Crippen LogP contribution in [0, 0.1) is 0 Å². The normalized spacial score (nSPS) is 12.7. The fourth-order valence-electron chi connectivity index (χ4n) is 4.59. The van der Waals surface area contributed by atoms with Crippen LogP contribution in [0.1, 0.15) is 44.2 Å². The van der Waals surface area contributed by atoms with Crippen LogP contribution in [0.2, 0.25) is 5.02 Å². The third kappa shape index (κ3) is 9.49. The van der Waals surface area contributed by atoms with E-state index in [1.165, 1.54) is 17.5 Å². The van der Waals surface area contributed by atoms with E-state index in [0.29, 0.717) is 17.9 Å². The van der Waals surface area contributed by atoms with E-state index >= 15 is 0 Å². The second kappa shape index (κ2) is 15.6. The molecule has 0 unspecified atom stereocenters. The van der Waals surface area contributed by atoms with Crippen LogP contribution >= 0.6 is 11.6 Å². The van der Waals surface area contributed by atoms with Gasteiger partial charge in [0.2, 0.25) is 21.8 Å². The minimum atomic E-state index is -3.66. The highest BCUT2D eigenvalue weighted by Gasteiger charge is 2.31. The van der Waals surface area contributed by atoms with E-state index in [1.807, 2.05) is 74.5 Å². The van der Waals surface area contributed by atoms with Crippen LogP contribution in [0.5, 0.6) is 5.75 Å². The number of ether oxygens (including phenoxy) is 1. The van der Waals surface area contributed by atoms with Crippen molar-refractivity contribution in [2.45, 2.75) is 58.2 Å². The summed E-state index contributed by atoms with van der Waals surface area (Å²) < 4.78 is 31.8. The number of anilines is 1. The van der Waals surface area contributed by atoms with Gasteiger partial charge in [0, 0.05) is 32.0 Å². The fraction of sp³-hybridized carbons (Fsp3) is 0.375. The molecular weight excluding hydrogens is 574 g/mol. The van der Waals surface area contributed by atoms with Gasteiger partial charge in [-0.1, -0.05) is 79.2 Å². The number of nitrogens with zero attached hydrogens (tertiary/aromatic N) is 2. The molecule has 0 aliphatic rings. The first-order valence-corrected chi connectivity index (χ1v) is 16.2. The van der Waals surface area contributed by atoms with Crippen LogP contribution in [0.4, 0.5) is 5.69 Å². The zero-order chi connectivity index (χ0) is 30.7. The topological polar surface area (TPSA) is 96.0 Å². The molecule has 0 aliphatic heterocycles. The van der Waals surface area contributed by atoms with Crippen LogP contribution < -0.4 is 14.4 Å². The molecule has 3 aromatic carbocycles. The molecule has 0 saturated heterocycles. The van der Waals surface area contributed by atoms with Gasteiger partial charge in [-0.25, -0.2) is 8.42 Å². The van der Waals surface area contributed by atoms with E-state index in [9.17, 15) is 18.0 Å². The zero-order valence-corrected chi connectivity index (χ0v) is 26.2. The Bertz CT molecular complexity index is 1420. The van der Waals surface area contributed by atoms with Gasteiger partial charge in [-0.15, -0.1) is 0 Å². The van der Waals surface area contributed by atoms with Crippen molar-refractivity contribution in [2.75, 3.05) is 24.2 Å². The van der Waals surface area contributed by atoms with Gasteiger partial charge in [0.15, 0.2) is 0 Å². The summed E-state index contributed by atoms with van der Waals surface area (Å²) in [4.78, 5) is 29.1. The van der Waals surface area contributed by atoms with Crippen molar-refractivity contribution in [1.29, 1.82) is 0 Å². The molecule has 0 spiro atoms. The Morgan fingerprint density at radius 2 is 1.60 bits per heavy atom. The summed E-state index contributed by atoms with van der Waals surface area (Å²) in [6.45, 7) is 4.24. The molecule has 0 radical (unpaired) electrons. The van der Waals surface area contributed by atoms with E-state index in [0.717, 1.165) is 23.8 Å². The van der Waals surface area contributed by atoms with Gasteiger partial charge in [0.05, 0.1) is 24.1 Å². The van der Waals surface area contributed by atoms with Crippen molar-refractivity contribution in [3.63, 3.8) is 0 Å². The van der Waals surface area contributed by atoms with Gasteiger partial charge in [0.25, 0.3) is 0 Å². The SMILES string of the molecule is CC[C@@H](C)NC(=O)[C@H](Cc1ccccc1)N(Cc1ccccc1)C(=O)CCCN(c1ccc(OC)c(Cl)c1)S(C)(=O)=O. The number of hydrogen-bond donors (Lipinski definition) is 1. The maximum atomic E-state index is 13.9. The minimum absolute atomic E-state index is 0.0463. The predicted octanol–water partition coefficient (Wildman–Crippen LogP) is 5.45. The number of methoxy groups -OCH3 is 1. The van der Waals surface area contributed by atoms with Crippen molar-refractivity contribution >= 4 is 39.1 Å². The molecule has 8 nitrogen and oxygen atoms in total. The Balaban J connectivity index is 1.87. The lowest BCUT2D eigenvalue weighted by molar-refractivity contribution is -0.141. The molecular formula is C32H40ClN3O5S. The minimum Gasteiger partial charge on any atom is -0.495 e. The van der Waals surface area contributed by atoms with Crippen molar-refractivity contribution in [3.05, 3.63) is 95.0 Å². The number of nitrogens with one attached hydrogen (secondary N) is 1. The smallest absolute Gasteiger partial charge is 0.243 e. The molecule has 226 valence electrons. The average molecular weight is 614 g/mol. The van der Waals surface area contributed by atoms with E-state index in [-0.39, 0.29) is 48.8 Å². The van der Waals surface area contributed by atoms with Crippen molar-refractivity contribution in [2.24, 2.45) is 0 Å². The maximum Gasteiger partial charge on any atom is 0.243 e.